The monoisotopic (exact) mass is 451 g/mol. The number of hydrogen-bond acceptors (Lipinski definition) is 7. The summed E-state index contributed by atoms with van der Waals surface area (Å²) in [6.07, 6.45) is 0.827. The van der Waals surface area contributed by atoms with Crippen LogP contribution in [0, 0.1) is 11.7 Å². The lowest BCUT2D eigenvalue weighted by molar-refractivity contribution is 0.249. The minimum absolute atomic E-state index is 0.295. The Balaban J connectivity index is 1.35. The quantitative estimate of drug-likeness (QED) is 0.475. The van der Waals surface area contributed by atoms with E-state index in [9.17, 15) is 0 Å². The number of anilines is 1. The standard InChI is InChI=1S/C23H26FN7S/c1-15(2)11-16-12-17(24)22(23-26-28-29-27-23)19(13-16)31-9-7-30(8-10-31)14-21-25-18-5-3-4-6-20(18)32-21/h3-6,12-13,15H,7-11,14H2,1-2H3,(H,26,27,28,29). The van der Waals surface area contributed by atoms with E-state index in [4.69, 9.17) is 4.98 Å². The van der Waals surface area contributed by atoms with Gasteiger partial charge in [0.05, 0.1) is 28.0 Å². The van der Waals surface area contributed by atoms with Crippen molar-refractivity contribution < 1.29 is 4.39 Å². The minimum Gasteiger partial charge on any atom is -0.368 e. The number of aromatic amines is 1. The van der Waals surface area contributed by atoms with E-state index in [2.05, 4.69) is 68.5 Å². The summed E-state index contributed by atoms with van der Waals surface area (Å²) < 4.78 is 16.4. The van der Waals surface area contributed by atoms with E-state index in [1.165, 1.54) is 4.70 Å². The summed E-state index contributed by atoms with van der Waals surface area (Å²) in [5.74, 6) is 0.450. The van der Waals surface area contributed by atoms with Gasteiger partial charge in [0.25, 0.3) is 0 Å². The molecule has 2 aromatic heterocycles. The number of H-pyrrole nitrogens is 1. The number of rotatable bonds is 6. The average molecular weight is 452 g/mol. The Labute approximate surface area is 190 Å². The fourth-order valence-electron chi connectivity index (χ4n) is 4.30. The number of para-hydroxylation sites is 1. The molecule has 2 aromatic carbocycles. The van der Waals surface area contributed by atoms with Crippen LogP contribution in [0.15, 0.2) is 36.4 Å². The second-order valence-corrected chi connectivity index (χ2v) is 9.76. The highest BCUT2D eigenvalue weighted by molar-refractivity contribution is 7.18. The highest BCUT2D eigenvalue weighted by atomic mass is 32.1. The first-order chi connectivity index (χ1) is 15.6. The molecule has 1 aliphatic heterocycles. The van der Waals surface area contributed by atoms with Gasteiger partial charge in [0.15, 0.2) is 0 Å². The van der Waals surface area contributed by atoms with E-state index in [1.807, 2.05) is 6.07 Å². The van der Waals surface area contributed by atoms with Crippen LogP contribution in [0.2, 0.25) is 0 Å². The van der Waals surface area contributed by atoms with E-state index < -0.39 is 0 Å². The van der Waals surface area contributed by atoms with Gasteiger partial charge in [-0.2, -0.15) is 5.21 Å². The molecule has 7 nitrogen and oxygen atoms in total. The molecule has 5 rings (SSSR count). The van der Waals surface area contributed by atoms with E-state index in [0.29, 0.717) is 17.3 Å². The van der Waals surface area contributed by atoms with Crippen molar-refractivity contribution in [2.24, 2.45) is 5.92 Å². The third-order valence-electron chi connectivity index (χ3n) is 5.75. The van der Waals surface area contributed by atoms with Crippen LogP contribution in [0.25, 0.3) is 21.6 Å². The third-order valence-corrected chi connectivity index (χ3v) is 6.77. The smallest absolute Gasteiger partial charge is 0.209 e. The van der Waals surface area contributed by atoms with Crippen LogP contribution in [0.1, 0.15) is 24.4 Å². The van der Waals surface area contributed by atoms with Gasteiger partial charge in [-0.25, -0.2) is 9.37 Å². The van der Waals surface area contributed by atoms with Crippen molar-refractivity contribution in [3.8, 4) is 11.4 Å². The summed E-state index contributed by atoms with van der Waals surface area (Å²) in [5.41, 5.74) is 3.33. The lowest BCUT2D eigenvalue weighted by Crippen LogP contribution is -2.46. The van der Waals surface area contributed by atoms with Gasteiger partial charge in [-0.05, 0) is 47.4 Å². The molecule has 0 bridgehead atoms. The van der Waals surface area contributed by atoms with Crippen LogP contribution in [0.4, 0.5) is 10.1 Å². The van der Waals surface area contributed by atoms with Crippen molar-refractivity contribution in [2.75, 3.05) is 31.1 Å². The van der Waals surface area contributed by atoms with Crippen molar-refractivity contribution in [1.82, 2.24) is 30.5 Å². The van der Waals surface area contributed by atoms with Gasteiger partial charge in [0, 0.05) is 26.2 Å². The molecule has 1 N–H and O–H groups in total. The number of nitrogens with one attached hydrogen (secondary N) is 1. The molecule has 166 valence electrons. The van der Waals surface area contributed by atoms with Crippen molar-refractivity contribution in [3.63, 3.8) is 0 Å². The Hall–Kier alpha value is -2.91. The molecule has 4 aromatic rings. The maximum absolute atomic E-state index is 15.2. The number of thiazole rings is 1. The van der Waals surface area contributed by atoms with Crippen molar-refractivity contribution >= 4 is 27.2 Å². The van der Waals surface area contributed by atoms with Crippen molar-refractivity contribution in [3.05, 3.63) is 52.8 Å². The molecule has 0 amide bonds. The number of nitrogens with zero attached hydrogens (tertiary/aromatic N) is 6. The fraction of sp³-hybridized carbons (Fsp3) is 0.391. The second kappa shape index (κ2) is 8.91. The summed E-state index contributed by atoms with van der Waals surface area (Å²) in [6.45, 7) is 8.51. The zero-order valence-corrected chi connectivity index (χ0v) is 19.1. The third kappa shape index (κ3) is 4.35. The number of aromatic nitrogens is 5. The Bertz CT molecular complexity index is 1160. The Morgan fingerprint density at radius 1 is 1.12 bits per heavy atom. The Morgan fingerprint density at radius 3 is 2.66 bits per heavy atom. The summed E-state index contributed by atoms with van der Waals surface area (Å²) >= 11 is 1.76. The van der Waals surface area contributed by atoms with Gasteiger partial charge in [-0.15, -0.1) is 21.5 Å². The van der Waals surface area contributed by atoms with Gasteiger partial charge < -0.3 is 4.90 Å². The number of piperazine rings is 1. The van der Waals surface area contributed by atoms with Gasteiger partial charge in [-0.3, -0.25) is 4.90 Å². The lowest BCUT2D eigenvalue weighted by atomic mass is 9.98. The van der Waals surface area contributed by atoms with Crippen LogP contribution in [0.3, 0.4) is 0 Å². The number of benzene rings is 2. The zero-order chi connectivity index (χ0) is 22.1. The molecule has 0 radical (unpaired) electrons. The molecule has 0 atom stereocenters. The maximum atomic E-state index is 15.2. The largest absolute Gasteiger partial charge is 0.368 e. The predicted octanol–water partition coefficient (Wildman–Crippen LogP) is 4.14. The van der Waals surface area contributed by atoms with Crippen molar-refractivity contribution in [1.29, 1.82) is 0 Å². The van der Waals surface area contributed by atoms with E-state index >= 15 is 4.39 Å². The van der Waals surface area contributed by atoms with Crippen LogP contribution in [-0.2, 0) is 13.0 Å². The van der Waals surface area contributed by atoms with E-state index in [-0.39, 0.29) is 5.82 Å². The molecule has 0 spiro atoms. The summed E-state index contributed by atoms with van der Waals surface area (Å²) in [4.78, 5) is 9.43. The highest BCUT2D eigenvalue weighted by Crippen LogP contribution is 2.34. The molecule has 1 aliphatic rings. The maximum Gasteiger partial charge on any atom is 0.209 e. The summed E-state index contributed by atoms with van der Waals surface area (Å²) in [6, 6.07) is 12.0. The van der Waals surface area contributed by atoms with Crippen LogP contribution < -0.4 is 4.90 Å². The Morgan fingerprint density at radius 2 is 1.94 bits per heavy atom. The molecule has 32 heavy (non-hydrogen) atoms. The number of fused-ring (bicyclic) bond motifs is 1. The number of tetrazole rings is 1. The first-order valence-corrected chi connectivity index (χ1v) is 11.8. The Kier molecular flexibility index (Phi) is 5.84. The molecule has 9 heteroatoms. The molecule has 0 unspecified atom stereocenters. The molecule has 0 aliphatic carbocycles. The average Bonchev–Trinajstić information content (AvgIpc) is 3.43. The first kappa shape index (κ1) is 21.0. The fourth-order valence-corrected chi connectivity index (χ4v) is 5.31. The normalized spacial score (nSPS) is 15.2. The van der Waals surface area contributed by atoms with Crippen LogP contribution >= 0.6 is 11.3 Å². The number of halogens is 1. The van der Waals surface area contributed by atoms with Gasteiger partial charge >= 0.3 is 0 Å². The zero-order valence-electron chi connectivity index (χ0n) is 18.3. The van der Waals surface area contributed by atoms with Gasteiger partial charge in [0.2, 0.25) is 5.82 Å². The molecule has 1 saturated heterocycles. The van der Waals surface area contributed by atoms with Gasteiger partial charge in [0.1, 0.15) is 10.8 Å². The van der Waals surface area contributed by atoms with Gasteiger partial charge in [-0.1, -0.05) is 26.0 Å². The SMILES string of the molecule is CC(C)Cc1cc(F)c(-c2nn[nH]n2)c(N2CCN(Cc3nc4ccccc4s3)CC2)c1. The lowest BCUT2D eigenvalue weighted by Gasteiger charge is -2.36. The van der Waals surface area contributed by atoms with Crippen molar-refractivity contribution in [2.45, 2.75) is 26.8 Å². The molecular formula is C23H26FN7S. The topological polar surface area (TPSA) is 73.8 Å². The van der Waals surface area contributed by atoms with E-state index in [1.54, 1.807) is 17.4 Å². The summed E-state index contributed by atoms with van der Waals surface area (Å²) in [7, 11) is 0. The molecule has 3 heterocycles. The molecular weight excluding hydrogens is 425 g/mol. The first-order valence-electron chi connectivity index (χ1n) is 10.9. The molecule has 0 saturated carbocycles. The number of hydrogen-bond donors (Lipinski definition) is 1. The minimum atomic E-state index is -0.295. The van der Waals surface area contributed by atoms with Crippen LogP contribution in [0.5, 0.6) is 0 Å². The van der Waals surface area contributed by atoms with E-state index in [0.717, 1.165) is 60.9 Å². The summed E-state index contributed by atoms with van der Waals surface area (Å²) in [5, 5.41) is 15.3. The highest BCUT2D eigenvalue weighted by Gasteiger charge is 2.25. The van der Waals surface area contributed by atoms with Crippen LogP contribution in [-0.4, -0.2) is 56.7 Å². The predicted molar refractivity (Wildman–Crippen MR) is 125 cm³/mol. The second-order valence-electron chi connectivity index (χ2n) is 8.64. The molecule has 1 fully saturated rings.